The van der Waals surface area contributed by atoms with E-state index in [-0.39, 0.29) is 6.61 Å². The van der Waals surface area contributed by atoms with Crippen molar-refractivity contribution in [1.82, 2.24) is 0 Å². The minimum absolute atomic E-state index is 0.0139. The summed E-state index contributed by atoms with van der Waals surface area (Å²) in [5.74, 6) is 0. The summed E-state index contributed by atoms with van der Waals surface area (Å²) >= 11 is 0. The third-order valence-electron chi connectivity index (χ3n) is 2.56. The van der Waals surface area contributed by atoms with E-state index in [4.69, 9.17) is 10.8 Å². The summed E-state index contributed by atoms with van der Waals surface area (Å²) in [7, 11) is 0. The van der Waals surface area contributed by atoms with Crippen LogP contribution in [0.3, 0.4) is 0 Å². The number of allylic oxidation sites excluding steroid dienone is 1. The molecule has 0 saturated heterocycles. The first-order valence-corrected chi connectivity index (χ1v) is 6.20. The first kappa shape index (κ1) is 14.7. The maximum atomic E-state index is 8.92. The standard InChI is InChI=1S/C13H27NO/c1-3-4-5-6-7-8-9-10-11-13(2,14)12-15/h10-11,15H,3-9,12,14H2,1-2H3. The van der Waals surface area contributed by atoms with E-state index < -0.39 is 5.54 Å². The summed E-state index contributed by atoms with van der Waals surface area (Å²) < 4.78 is 0. The average Bonchev–Trinajstić information content (AvgIpc) is 2.22. The van der Waals surface area contributed by atoms with Crippen LogP contribution < -0.4 is 5.73 Å². The number of hydrogen-bond acceptors (Lipinski definition) is 2. The van der Waals surface area contributed by atoms with Gasteiger partial charge in [0.2, 0.25) is 0 Å². The van der Waals surface area contributed by atoms with Gasteiger partial charge >= 0.3 is 0 Å². The minimum Gasteiger partial charge on any atom is -0.394 e. The number of nitrogens with two attached hydrogens (primary N) is 1. The largest absolute Gasteiger partial charge is 0.394 e. The van der Waals surface area contributed by atoms with Crippen molar-refractivity contribution < 1.29 is 5.11 Å². The van der Waals surface area contributed by atoms with Crippen LogP contribution in [0.2, 0.25) is 0 Å². The van der Waals surface area contributed by atoms with E-state index in [0.717, 1.165) is 6.42 Å². The molecular formula is C13H27NO. The van der Waals surface area contributed by atoms with Crippen molar-refractivity contribution in [1.29, 1.82) is 0 Å². The van der Waals surface area contributed by atoms with Crippen LogP contribution in [0.1, 0.15) is 58.8 Å². The smallest absolute Gasteiger partial charge is 0.0644 e. The Bertz CT molecular complexity index is 164. The van der Waals surface area contributed by atoms with Crippen molar-refractivity contribution in [2.75, 3.05) is 6.61 Å². The van der Waals surface area contributed by atoms with Gasteiger partial charge in [0, 0.05) is 0 Å². The second-order valence-corrected chi connectivity index (χ2v) is 4.62. The molecule has 0 spiro atoms. The summed E-state index contributed by atoms with van der Waals surface area (Å²) in [6, 6.07) is 0. The quantitative estimate of drug-likeness (QED) is 0.457. The van der Waals surface area contributed by atoms with Crippen LogP contribution in [-0.2, 0) is 0 Å². The van der Waals surface area contributed by atoms with Gasteiger partial charge in [-0.15, -0.1) is 0 Å². The lowest BCUT2D eigenvalue weighted by atomic mass is 10.0. The molecule has 0 bridgehead atoms. The third kappa shape index (κ3) is 9.95. The molecular weight excluding hydrogens is 186 g/mol. The SMILES string of the molecule is CCCCCCCCC=CC(C)(N)CO. The van der Waals surface area contributed by atoms with E-state index in [2.05, 4.69) is 13.0 Å². The molecule has 90 valence electrons. The molecule has 0 radical (unpaired) electrons. The second kappa shape index (κ2) is 8.93. The molecule has 0 aromatic rings. The zero-order chi connectivity index (χ0) is 11.6. The van der Waals surface area contributed by atoms with E-state index in [0.29, 0.717) is 0 Å². The van der Waals surface area contributed by atoms with Crippen molar-refractivity contribution in [2.45, 2.75) is 64.3 Å². The Morgan fingerprint density at radius 3 is 2.33 bits per heavy atom. The predicted octanol–water partition coefficient (Wildman–Crippen LogP) is 3.00. The second-order valence-electron chi connectivity index (χ2n) is 4.62. The molecule has 0 fully saturated rings. The van der Waals surface area contributed by atoms with Crippen LogP contribution in [0.4, 0.5) is 0 Å². The van der Waals surface area contributed by atoms with E-state index >= 15 is 0 Å². The molecule has 0 aliphatic heterocycles. The lowest BCUT2D eigenvalue weighted by Gasteiger charge is -2.15. The highest BCUT2D eigenvalue weighted by atomic mass is 16.3. The van der Waals surface area contributed by atoms with Gasteiger partial charge in [0.25, 0.3) is 0 Å². The Morgan fingerprint density at radius 1 is 1.13 bits per heavy atom. The van der Waals surface area contributed by atoms with Crippen LogP contribution in [-0.4, -0.2) is 17.3 Å². The average molecular weight is 213 g/mol. The lowest BCUT2D eigenvalue weighted by molar-refractivity contribution is 0.238. The Morgan fingerprint density at radius 2 is 1.73 bits per heavy atom. The molecule has 3 N–H and O–H groups in total. The van der Waals surface area contributed by atoms with Gasteiger partial charge in [-0.25, -0.2) is 0 Å². The first-order valence-electron chi connectivity index (χ1n) is 6.20. The fourth-order valence-electron chi connectivity index (χ4n) is 1.45. The van der Waals surface area contributed by atoms with Gasteiger partial charge in [-0.1, -0.05) is 51.2 Å². The molecule has 1 unspecified atom stereocenters. The van der Waals surface area contributed by atoms with Gasteiger partial charge < -0.3 is 10.8 Å². The lowest BCUT2D eigenvalue weighted by Crippen LogP contribution is -2.37. The zero-order valence-corrected chi connectivity index (χ0v) is 10.3. The highest BCUT2D eigenvalue weighted by Crippen LogP contribution is 2.08. The van der Waals surface area contributed by atoms with E-state index in [1.165, 1.54) is 38.5 Å². The van der Waals surface area contributed by atoms with Crippen molar-refractivity contribution in [3.8, 4) is 0 Å². The molecule has 0 heterocycles. The summed E-state index contributed by atoms with van der Waals surface area (Å²) in [6.07, 6.45) is 13.0. The van der Waals surface area contributed by atoms with Crippen LogP contribution >= 0.6 is 0 Å². The van der Waals surface area contributed by atoms with E-state index in [9.17, 15) is 0 Å². The van der Waals surface area contributed by atoms with Crippen molar-refractivity contribution in [3.63, 3.8) is 0 Å². The highest BCUT2D eigenvalue weighted by Gasteiger charge is 2.10. The highest BCUT2D eigenvalue weighted by molar-refractivity contribution is 5.01. The van der Waals surface area contributed by atoms with Crippen LogP contribution in [0, 0.1) is 0 Å². The van der Waals surface area contributed by atoms with Crippen molar-refractivity contribution in [2.24, 2.45) is 5.73 Å². The molecule has 0 aliphatic carbocycles. The number of rotatable bonds is 9. The normalized spacial score (nSPS) is 15.7. The molecule has 2 nitrogen and oxygen atoms in total. The number of hydrogen-bond donors (Lipinski definition) is 2. The molecule has 0 saturated carbocycles. The summed E-state index contributed by atoms with van der Waals surface area (Å²) in [5, 5.41) is 8.92. The van der Waals surface area contributed by atoms with Crippen LogP contribution in [0.15, 0.2) is 12.2 Å². The van der Waals surface area contributed by atoms with Crippen LogP contribution in [0.25, 0.3) is 0 Å². The molecule has 0 amide bonds. The van der Waals surface area contributed by atoms with Gasteiger partial charge in [-0.3, -0.25) is 0 Å². The van der Waals surface area contributed by atoms with Gasteiger partial charge in [0.05, 0.1) is 12.1 Å². The molecule has 0 rings (SSSR count). The van der Waals surface area contributed by atoms with Gasteiger partial charge in [0.15, 0.2) is 0 Å². The fraction of sp³-hybridized carbons (Fsp3) is 0.846. The van der Waals surface area contributed by atoms with E-state index in [1.807, 2.05) is 13.0 Å². The first-order chi connectivity index (χ1) is 7.12. The Kier molecular flexibility index (Phi) is 8.73. The van der Waals surface area contributed by atoms with Gasteiger partial charge in [0.1, 0.15) is 0 Å². The van der Waals surface area contributed by atoms with Gasteiger partial charge in [-0.05, 0) is 19.8 Å². The molecule has 2 heteroatoms. The predicted molar refractivity (Wildman–Crippen MR) is 66.8 cm³/mol. The number of unbranched alkanes of at least 4 members (excludes halogenated alkanes) is 6. The fourth-order valence-corrected chi connectivity index (χ4v) is 1.45. The molecule has 0 aromatic carbocycles. The number of aliphatic hydroxyl groups is 1. The minimum atomic E-state index is -0.539. The third-order valence-corrected chi connectivity index (χ3v) is 2.56. The summed E-state index contributed by atoms with van der Waals surface area (Å²) in [6.45, 7) is 4.09. The topological polar surface area (TPSA) is 46.2 Å². The van der Waals surface area contributed by atoms with Crippen LogP contribution in [0.5, 0.6) is 0 Å². The molecule has 15 heavy (non-hydrogen) atoms. The van der Waals surface area contributed by atoms with Crippen molar-refractivity contribution in [3.05, 3.63) is 12.2 Å². The maximum absolute atomic E-state index is 8.92. The Labute approximate surface area is 94.6 Å². The van der Waals surface area contributed by atoms with E-state index in [1.54, 1.807) is 0 Å². The molecule has 0 aromatic heterocycles. The summed E-state index contributed by atoms with van der Waals surface area (Å²) in [5.41, 5.74) is 5.22. The van der Waals surface area contributed by atoms with Crippen molar-refractivity contribution >= 4 is 0 Å². The van der Waals surface area contributed by atoms with Gasteiger partial charge in [-0.2, -0.15) is 0 Å². The molecule has 0 aliphatic rings. The maximum Gasteiger partial charge on any atom is 0.0644 e. The Hall–Kier alpha value is -0.340. The monoisotopic (exact) mass is 213 g/mol. The Balaban J connectivity index is 3.31. The molecule has 1 atom stereocenters. The number of aliphatic hydroxyl groups excluding tert-OH is 1. The summed E-state index contributed by atoms with van der Waals surface area (Å²) in [4.78, 5) is 0. The zero-order valence-electron chi connectivity index (χ0n) is 10.3.